The molecule has 3 nitrogen and oxygen atoms in total. The Bertz CT molecular complexity index is 858. The van der Waals surface area contributed by atoms with Gasteiger partial charge in [0, 0.05) is 18.0 Å². The average molecular weight is 311 g/mol. The molecular formula is C18H17NO2S. The summed E-state index contributed by atoms with van der Waals surface area (Å²) in [5.74, 6) is 0. The Hall–Kier alpha value is -2.20. The van der Waals surface area contributed by atoms with Crippen LogP contribution in [0, 0.1) is 6.92 Å². The van der Waals surface area contributed by atoms with E-state index in [0.29, 0.717) is 0 Å². The number of nitrogens with zero attached hydrogens (tertiary/aromatic N) is 1. The van der Waals surface area contributed by atoms with E-state index in [0.717, 1.165) is 17.6 Å². The van der Waals surface area contributed by atoms with Gasteiger partial charge in [0.15, 0.2) is 14.9 Å². The third-order valence-electron chi connectivity index (χ3n) is 3.72. The molecule has 0 radical (unpaired) electrons. The summed E-state index contributed by atoms with van der Waals surface area (Å²) < 4.78 is 23.0. The highest BCUT2D eigenvalue weighted by Gasteiger charge is 2.15. The van der Waals surface area contributed by atoms with Crippen LogP contribution < -0.4 is 0 Å². The summed E-state index contributed by atoms with van der Waals surface area (Å²) in [5, 5.41) is 0.107. The molecule has 4 heteroatoms. The number of hydrogen-bond donors (Lipinski definition) is 0. The molecule has 1 aliphatic rings. The largest absolute Gasteiger partial charge is 0.244 e. The maximum absolute atomic E-state index is 11.5. The third-order valence-corrected chi connectivity index (χ3v) is 4.73. The number of sulfone groups is 1. The zero-order valence-corrected chi connectivity index (χ0v) is 13.4. The summed E-state index contributed by atoms with van der Waals surface area (Å²) in [6.45, 7) is 2.07. The molecular weight excluding hydrogens is 294 g/mol. The standard InChI is InChI=1S/C18H17NO2S/c1-13-6-8-14(9-7-13)16-4-3-5-17(16)15-10-11-18(19-12-15)22(2,20)21/h4-12H,3H2,1-2H3. The topological polar surface area (TPSA) is 47.0 Å². The smallest absolute Gasteiger partial charge is 0.192 e. The molecule has 2 aromatic rings. The lowest BCUT2D eigenvalue weighted by Gasteiger charge is -2.10. The molecule has 0 unspecified atom stereocenters. The molecule has 22 heavy (non-hydrogen) atoms. The van der Waals surface area contributed by atoms with E-state index >= 15 is 0 Å². The quantitative estimate of drug-likeness (QED) is 0.869. The van der Waals surface area contributed by atoms with E-state index in [4.69, 9.17) is 0 Å². The van der Waals surface area contributed by atoms with Crippen molar-refractivity contribution in [2.75, 3.05) is 6.26 Å². The highest BCUT2D eigenvalue weighted by Crippen LogP contribution is 2.36. The summed E-state index contributed by atoms with van der Waals surface area (Å²) >= 11 is 0. The molecule has 0 amide bonds. The predicted octanol–water partition coefficient (Wildman–Crippen LogP) is 3.66. The maximum atomic E-state index is 11.5. The molecule has 112 valence electrons. The van der Waals surface area contributed by atoms with Gasteiger partial charge in [-0.25, -0.2) is 13.4 Å². The number of pyridine rings is 1. The predicted molar refractivity (Wildman–Crippen MR) is 89.1 cm³/mol. The molecule has 1 aromatic heterocycles. The lowest BCUT2D eigenvalue weighted by atomic mass is 9.95. The minimum Gasteiger partial charge on any atom is -0.244 e. The van der Waals surface area contributed by atoms with Gasteiger partial charge in [-0.2, -0.15) is 0 Å². The summed E-state index contributed by atoms with van der Waals surface area (Å²) in [4.78, 5) is 4.08. The van der Waals surface area contributed by atoms with Gasteiger partial charge in [-0.3, -0.25) is 0 Å². The molecule has 0 saturated carbocycles. The Morgan fingerprint density at radius 3 is 2.05 bits per heavy atom. The van der Waals surface area contributed by atoms with E-state index in [-0.39, 0.29) is 5.03 Å². The normalized spacial score (nSPS) is 14.6. The number of aryl methyl sites for hydroxylation is 1. The highest BCUT2D eigenvalue weighted by atomic mass is 32.2. The maximum Gasteiger partial charge on any atom is 0.192 e. The lowest BCUT2D eigenvalue weighted by Crippen LogP contribution is -2.00. The second-order valence-electron chi connectivity index (χ2n) is 5.49. The van der Waals surface area contributed by atoms with Gasteiger partial charge in [0.25, 0.3) is 0 Å². The van der Waals surface area contributed by atoms with Crippen LogP contribution in [0.3, 0.4) is 0 Å². The second-order valence-corrected chi connectivity index (χ2v) is 7.46. The van der Waals surface area contributed by atoms with Crippen LogP contribution >= 0.6 is 0 Å². The van der Waals surface area contributed by atoms with Gasteiger partial charge >= 0.3 is 0 Å². The van der Waals surface area contributed by atoms with Crippen molar-refractivity contribution in [2.45, 2.75) is 18.4 Å². The fourth-order valence-corrected chi connectivity index (χ4v) is 3.11. The molecule has 1 aromatic carbocycles. The summed E-state index contributed by atoms with van der Waals surface area (Å²) in [6, 6.07) is 11.8. The van der Waals surface area contributed by atoms with Crippen LogP contribution in [0.1, 0.15) is 23.1 Å². The molecule has 0 saturated heterocycles. The van der Waals surface area contributed by atoms with Gasteiger partial charge in [0.05, 0.1) is 0 Å². The van der Waals surface area contributed by atoms with E-state index in [1.165, 1.54) is 23.0 Å². The molecule has 1 aliphatic carbocycles. The first-order valence-corrected chi connectivity index (χ1v) is 8.98. The first kappa shape index (κ1) is 14.7. The Balaban J connectivity index is 1.95. The third kappa shape index (κ3) is 2.88. The molecule has 0 spiro atoms. The molecule has 0 N–H and O–H groups in total. The van der Waals surface area contributed by atoms with Gasteiger partial charge in [-0.05, 0) is 42.2 Å². The van der Waals surface area contributed by atoms with Crippen molar-refractivity contribution in [1.82, 2.24) is 4.98 Å². The Morgan fingerprint density at radius 2 is 1.50 bits per heavy atom. The average Bonchev–Trinajstić information content (AvgIpc) is 2.97. The van der Waals surface area contributed by atoms with Crippen LogP contribution in [0.2, 0.25) is 0 Å². The first-order chi connectivity index (χ1) is 10.4. The zero-order chi connectivity index (χ0) is 15.7. The lowest BCUT2D eigenvalue weighted by molar-refractivity contribution is 0.598. The van der Waals surface area contributed by atoms with E-state index in [2.05, 4.69) is 48.3 Å². The van der Waals surface area contributed by atoms with Crippen molar-refractivity contribution in [2.24, 2.45) is 0 Å². The Morgan fingerprint density at radius 1 is 0.909 bits per heavy atom. The van der Waals surface area contributed by atoms with E-state index in [1.54, 1.807) is 12.3 Å². The molecule has 3 rings (SSSR count). The zero-order valence-electron chi connectivity index (χ0n) is 12.6. The number of rotatable bonds is 3. The Kier molecular flexibility index (Phi) is 3.71. The van der Waals surface area contributed by atoms with Crippen molar-refractivity contribution in [3.63, 3.8) is 0 Å². The summed E-state index contributed by atoms with van der Waals surface area (Å²) in [5.41, 5.74) is 5.62. The van der Waals surface area contributed by atoms with Gasteiger partial charge in [0.2, 0.25) is 0 Å². The summed E-state index contributed by atoms with van der Waals surface area (Å²) in [7, 11) is -3.26. The SMILES string of the molecule is Cc1ccc(C2=CCC=C2c2ccc(S(C)(=O)=O)nc2)cc1. The number of aromatic nitrogens is 1. The van der Waals surface area contributed by atoms with Crippen LogP contribution in [0.5, 0.6) is 0 Å². The van der Waals surface area contributed by atoms with Crippen LogP contribution in [0.25, 0.3) is 11.1 Å². The van der Waals surface area contributed by atoms with Crippen LogP contribution in [0.15, 0.2) is 59.8 Å². The van der Waals surface area contributed by atoms with Crippen molar-refractivity contribution < 1.29 is 8.42 Å². The molecule has 0 aliphatic heterocycles. The first-order valence-electron chi connectivity index (χ1n) is 7.09. The second kappa shape index (κ2) is 5.54. The fraction of sp³-hybridized carbons (Fsp3) is 0.167. The highest BCUT2D eigenvalue weighted by molar-refractivity contribution is 7.90. The molecule has 0 atom stereocenters. The Labute approximate surface area is 131 Å². The van der Waals surface area contributed by atoms with Gasteiger partial charge in [0.1, 0.15) is 0 Å². The molecule has 0 fully saturated rings. The van der Waals surface area contributed by atoms with Crippen molar-refractivity contribution >= 4 is 21.0 Å². The molecule has 1 heterocycles. The van der Waals surface area contributed by atoms with Gasteiger partial charge in [-0.1, -0.05) is 42.0 Å². The number of allylic oxidation sites excluding steroid dienone is 4. The van der Waals surface area contributed by atoms with Crippen molar-refractivity contribution in [3.8, 4) is 0 Å². The van der Waals surface area contributed by atoms with Crippen LogP contribution in [0.4, 0.5) is 0 Å². The van der Waals surface area contributed by atoms with Gasteiger partial charge in [-0.15, -0.1) is 0 Å². The van der Waals surface area contributed by atoms with E-state index in [9.17, 15) is 8.42 Å². The minimum atomic E-state index is -3.26. The van der Waals surface area contributed by atoms with E-state index in [1.807, 2.05) is 6.07 Å². The van der Waals surface area contributed by atoms with Crippen molar-refractivity contribution in [3.05, 3.63) is 71.4 Å². The van der Waals surface area contributed by atoms with Crippen LogP contribution in [-0.2, 0) is 9.84 Å². The van der Waals surface area contributed by atoms with E-state index < -0.39 is 9.84 Å². The minimum absolute atomic E-state index is 0.107. The number of benzene rings is 1. The monoisotopic (exact) mass is 311 g/mol. The molecule has 0 bridgehead atoms. The summed E-state index contributed by atoms with van der Waals surface area (Å²) in [6.07, 6.45) is 8.01. The fourth-order valence-electron chi connectivity index (χ4n) is 2.55. The number of hydrogen-bond acceptors (Lipinski definition) is 3. The van der Waals surface area contributed by atoms with Crippen molar-refractivity contribution in [1.29, 1.82) is 0 Å². The van der Waals surface area contributed by atoms with Gasteiger partial charge < -0.3 is 0 Å². The van der Waals surface area contributed by atoms with Crippen LogP contribution in [-0.4, -0.2) is 19.7 Å².